The van der Waals surface area contributed by atoms with E-state index >= 15 is 0 Å². The molecule has 0 amide bonds. The molecular formula is C17H20N2O. The normalized spacial score (nSPS) is 19.8. The summed E-state index contributed by atoms with van der Waals surface area (Å²) in [6.45, 7) is 1.14. The minimum Gasteiger partial charge on any atom is -0.439 e. The maximum absolute atomic E-state index is 5.97. The van der Waals surface area contributed by atoms with Gasteiger partial charge in [0.2, 0.25) is 5.88 Å². The molecule has 1 aromatic carbocycles. The van der Waals surface area contributed by atoms with Crippen LogP contribution in [0.4, 0.5) is 0 Å². The molecule has 0 unspecified atom stereocenters. The standard InChI is InChI=1S/C17H20N2O/c1-19-13-6-5-11-16(19)15-10-7-12-18-17(15)20-14-8-3-2-4-9-14/h2-4,7-10,12,16H,5-6,11,13H2,1H3/t16-/m0/s1. The molecule has 0 aliphatic carbocycles. The number of hydrogen-bond acceptors (Lipinski definition) is 3. The lowest BCUT2D eigenvalue weighted by molar-refractivity contribution is 0.184. The van der Waals surface area contributed by atoms with E-state index in [-0.39, 0.29) is 0 Å². The highest BCUT2D eigenvalue weighted by atomic mass is 16.5. The van der Waals surface area contributed by atoms with Crippen LogP contribution < -0.4 is 4.74 Å². The lowest BCUT2D eigenvalue weighted by Gasteiger charge is -2.33. The Hall–Kier alpha value is -1.87. The first-order valence-electron chi connectivity index (χ1n) is 7.22. The summed E-state index contributed by atoms with van der Waals surface area (Å²) in [6, 6.07) is 14.4. The van der Waals surface area contributed by atoms with Gasteiger partial charge < -0.3 is 4.74 Å². The topological polar surface area (TPSA) is 25.4 Å². The van der Waals surface area contributed by atoms with E-state index in [1.165, 1.54) is 24.8 Å². The minimum atomic E-state index is 0.413. The maximum Gasteiger partial charge on any atom is 0.223 e. The minimum absolute atomic E-state index is 0.413. The predicted octanol–water partition coefficient (Wildman–Crippen LogP) is 4.03. The maximum atomic E-state index is 5.97. The van der Waals surface area contributed by atoms with Gasteiger partial charge in [-0.2, -0.15) is 0 Å². The number of piperidine rings is 1. The highest BCUT2D eigenvalue weighted by Crippen LogP contribution is 2.35. The van der Waals surface area contributed by atoms with Crippen molar-refractivity contribution in [2.45, 2.75) is 25.3 Å². The van der Waals surface area contributed by atoms with E-state index in [0.29, 0.717) is 6.04 Å². The number of pyridine rings is 1. The van der Waals surface area contributed by atoms with Crippen LogP contribution in [0.15, 0.2) is 48.7 Å². The smallest absolute Gasteiger partial charge is 0.223 e. The monoisotopic (exact) mass is 268 g/mol. The SMILES string of the molecule is CN1CCCC[C@H]1c1cccnc1Oc1ccccc1. The molecule has 0 saturated carbocycles. The third-order valence-electron chi connectivity index (χ3n) is 3.89. The van der Waals surface area contributed by atoms with E-state index in [1.807, 2.05) is 36.4 Å². The lowest BCUT2D eigenvalue weighted by atomic mass is 9.96. The number of benzene rings is 1. The van der Waals surface area contributed by atoms with Gasteiger partial charge in [-0.3, -0.25) is 4.90 Å². The second-order valence-corrected chi connectivity index (χ2v) is 5.31. The summed E-state index contributed by atoms with van der Waals surface area (Å²) in [5.74, 6) is 1.57. The van der Waals surface area contributed by atoms with Crippen LogP contribution in [0.3, 0.4) is 0 Å². The van der Waals surface area contributed by atoms with Crippen molar-refractivity contribution in [1.29, 1.82) is 0 Å². The molecule has 0 radical (unpaired) electrons. The van der Waals surface area contributed by atoms with Crippen LogP contribution in [0, 0.1) is 0 Å². The van der Waals surface area contributed by atoms with E-state index in [2.05, 4.69) is 23.0 Å². The van der Waals surface area contributed by atoms with E-state index in [9.17, 15) is 0 Å². The molecule has 3 rings (SSSR count). The summed E-state index contributed by atoms with van der Waals surface area (Å²) < 4.78 is 5.97. The number of nitrogens with zero attached hydrogens (tertiary/aromatic N) is 2. The Labute approximate surface area is 120 Å². The fraction of sp³-hybridized carbons (Fsp3) is 0.353. The van der Waals surface area contributed by atoms with Crippen molar-refractivity contribution in [2.24, 2.45) is 0 Å². The third kappa shape index (κ3) is 2.83. The van der Waals surface area contributed by atoms with Crippen LogP contribution in [0.2, 0.25) is 0 Å². The molecule has 1 aromatic heterocycles. The van der Waals surface area contributed by atoms with Crippen molar-refractivity contribution in [3.63, 3.8) is 0 Å². The van der Waals surface area contributed by atoms with Crippen molar-refractivity contribution in [3.05, 3.63) is 54.2 Å². The molecule has 3 heteroatoms. The number of rotatable bonds is 3. The summed E-state index contributed by atoms with van der Waals surface area (Å²) in [5, 5.41) is 0. The van der Waals surface area contributed by atoms with Gasteiger partial charge in [0.25, 0.3) is 0 Å². The number of para-hydroxylation sites is 1. The fourth-order valence-corrected chi connectivity index (χ4v) is 2.81. The van der Waals surface area contributed by atoms with Crippen LogP contribution in [0.5, 0.6) is 11.6 Å². The van der Waals surface area contributed by atoms with Crippen molar-refractivity contribution >= 4 is 0 Å². The van der Waals surface area contributed by atoms with E-state index in [0.717, 1.165) is 18.2 Å². The Morgan fingerprint density at radius 1 is 1.10 bits per heavy atom. The number of ether oxygens (including phenoxy) is 1. The molecule has 3 nitrogen and oxygen atoms in total. The van der Waals surface area contributed by atoms with Gasteiger partial charge in [0.05, 0.1) is 0 Å². The third-order valence-corrected chi connectivity index (χ3v) is 3.89. The van der Waals surface area contributed by atoms with Crippen molar-refractivity contribution in [3.8, 4) is 11.6 Å². The molecule has 0 N–H and O–H groups in total. The van der Waals surface area contributed by atoms with Crippen molar-refractivity contribution in [2.75, 3.05) is 13.6 Å². The molecular weight excluding hydrogens is 248 g/mol. The summed E-state index contributed by atoms with van der Waals surface area (Å²) in [6.07, 6.45) is 5.52. The van der Waals surface area contributed by atoms with Gasteiger partial charge >= 0.3 is 0 Å². The fourth-order valence-electron chi connectivity index (χ4n) is 2.81. The summed E-state index contributed by atoms with van der Waals surface area (Å²) in [7, 11) is 2.18. The zero-order chi connectivity index (χ0) is 13.8. The number of hydrogen-bond donors (Lipinski definition) is 0. The predicted molar refractivity (Wildman–Crippen MR) is 80.0 cm³/mol. The second kappa shape index (κ2) is 6.06. The molecule has 1 saturated heterocycles. The lowest BCUT2D eigenvalue weighted by Crippen LogP contribution is -2.29. The van der Waals surface area contributed by atoms with Gasteiger partial charge in [-0.25, -0.2) is 4.98 Å². The zero-order valence-corrected chi connectivity index (χ0v) is 11.8. The first kappa shape index (κ1) is 13.1. The van der Waals surface area contributed by atoms with Crippen molar-refractivity contribution in [1.82, 2.24) is 9.88 Å². The first-order chi connectivity index (χ1) is 9.84. The highest BCUT2D eigenvalue weighted by molar-refractivity contribution is 5.34. The molecule has 2 heterocycles. The molecule has 1 fully saturated rings. The number of likely N-dealkylation sites (tertiary alicyclic amines) is 1. The van der Waals surface area contributed by atoms with Gasteiger partial charge in [0, 0.05) is 17.8 Å². The Morgan fingerprint density at radius 3 is 2.75 bits per heavy atom. The van der Waals surface area contributed by atoms with Gasteiger partial charge in [0.15, 0.2) is 0 Å². The summed E-state index contributed by atoms with van der Waals surface area (Å²) in [5.41, 5.74) is 1.19. The average molecular weight is 268 g/mol. The molecule has 1 atom stereocenters. The van der Waals surface area contributed by atoms with Crippen LogP contribution in [-0.4, -0.2) is 23.5 Å². The molecule has 20 heavy (non-hydrogen) atoms. The van der Waals surface area contributed by atoms with Crippen LogP contribution in [0.25, 0.3) is 0 Å². The number of aromatic nitrogens is 1. The van der Waals surface area contributed by atoms with Crippen LogP contribution in [0.1, 0.15) is 30.9 Å². The van der Waals surface area contributed by atoms with Crippen LogP contribution >= 0.6 is 0 Å². The Balaban J connectivity index is 1.88. The highest BCUT2D eigenvalue weighted by Gasteiger charge is 2.24. The quantitative estimate of drug-likeness (QED) is 0.840. The Kier molecular flexibility index (Phi) is 3.97. The van der Waals surface area contributed by atoms with Crippen LogP contribution in [-0.2, 0) is 0 Å². The molecule has 104 valence electrons. The van der Waals surface area contributed by atoms with E-state index in [1.54, 1.807) is 6.20 Å². The zero-order valence-electron chi connectivity index (χ0n) is 11.8. The molecule has 2 aromatic rings. The molecule has 1 aliphatic rings. The van der Waals surface area contributed by atoms with E-state index in [4.69, 9.17) is 4.74 Å². The second-order valence-electron chi connectivity index (χ2n) is 5.31. The Bertz CT molecular complexity index is 556. The van der Waals surface area contributed by atoms with Gasteiger partial charge in [-0.1, -0.05) is 30.7 Å². The average Bonchev–Trinajstić information content (AvgIpc) is 2.50. The molecule has 0 bridgehead atoms. The van der Waals surface area contributed by atoms with Gasteiger partial charge in [-0.05, 0) is 44.6 Å². The molecule has 0 spiro atoms. The van der Waals surface area contributed by atoms with Gasteiger partial charge in [-0.15, -0.1) is 0 Å². The van der Waals surface area contributed by atoms with E-state index < -0.39 is 0 Å². The first-order valence-corrected chi connectivity index (χ1v) is 7.22. The largest absolute Gasteiger partial charge is 0.439 e. The van der Waals surface area contributed by atoms with Crippen molar-refractivity contribution < 1.29 is 4.74 Å². The summed E-state index contributed by atoms with van der Waals surface area (Å²) >= 11 is 0. The molecule has 1 aliphatic heterocycles. The van der Waals surface area contributed by atoms with Gasteiger partial charge in [0.1, 0.15) is 5.75 Å². The summed E-state index contributed by atoms with van der Waals surface area (Å²) in [4.78, 5) is 6.84. The Morgan fingerprint density at radius 2 is 1.95 bits per heavy atom.